The number of alkyl halides is 3. The zero-order valence-electron chi connectivity index (χ0n) is 8.99. The fourth-order valence-corrected chi connectivity index (χ4v) is 1.48. The second kappa shape index (κ2) is 3.80. The molecule has 1 heterocycles. The maximum Gasteiger partial charge on any atom is 0.419 e. The fourth-order valence-electron chi connectivity index (χ4n) is 1.48. The molecule has 2 aromatic rings. The van der Waals surface area contributed by atoms with Crippen LogP contribution in [0.5, 0.6) is 0 Å². The predicted molar refractivity (Wildman–Crippen MR) is 57.7 cm³/mol. The number of aromatic nitrogens is 2. The molecule has 0 aliphatic heterocycles. The predicted octanol–water partition coefficient (Wildman–Crippen LogP) is 2.78. The molecule has 1 aromatic carbocycles. The number of nitrogens with zero attached hydrogens (tertiary/aromatic N) is 2. The molecule has 0 unspecified atom stereocenters. The number of aryl methyl sites for hydroxylation is 1. The van der Waals surface area contributed by atoms with Gasteiger partial charge >= 0.3 is 6.18 Å². The SMILES string of the molecule is Cc1ccc(-n2cc(C(F)(F)F)cn2)c(N)c1. The van der Waals surface area contributed by atoms with Crippen LogP contribution in [-0.4, -0.2) is 9.78 Å². The summed E-state index contributed by atoms with van der Waals surface area (Å²) in [4.78, 5) is 0. The highest BCUT2D eigenvalue weighted by Crippen LogP contribution is 2.29. The van der Waals surface area contributed by atoms with Gasteiger partial charge in [-0.2, -0.15) is 18.3 Å². The van der Waals surface area contributed by atoms with Crippen LogP contribution >= 0.6 is 0 Å². The van der Waals surface area contributed by atoms with Gasteiger partial charge in [0, 0.05) is 6.20 Å². The quantitative estimate of drug-likeness (QED) is 0.780. The lowest BCUT2D eigenvalue weighted by Gasteiger charge is -2.06. The van der Waals surface area contributed by atoms with Crippen molar-refractivity contribution in [2.24, 2.45) is 0 Å². The summed E-state index contributed by atoms with van der Waals surface area (Å²) in [6.45, 7) is 1.85. The first-order valence-corrected chi connectivity index (χ1v) is 4.86. The molecule has 0 aliphatic carbocycles. The lowest BCUT2D eigenvalue weighted by atomic mass is 10.2. The van der Waals surface area contributed by atoms with Crippen molar-refractivity contribution in [3.63, 3.8) is 0 Å². The van der Waals surface area contributed by atoms with E-state index in [1.165, 1.54) is 0 Å². The number of nitrogens with two attached hydrogens (primary N) is 1. The van der Waals surface area contributed by atoms with Crippen molar-refractivity contribution in [3.8, 4) is 5.69 Å². The third-order valence-electron chi connectivity index (χ3n) is 2.34. The Bertz CT molecular complexity index is 543. The molecule has 0 radical (unpaired) electrons. The van der Waals surface area contributed by atoms with Crippen LogP contribution in [0.4, 0.5) is 18.9 Å². The minimum absolute atomic E-state index is 0.391. The van der Waals surface area contributed by atoms with Crippen LogP contribution in [0.3, 0.4) is 0 Å². The first kappa shape index (κ1) is 11.5. The third kappa shape index (κ3) is 2.25. The Morgan fingerprint density at radius 2 is 2.00 bits per heavy atom. The summed E-state index contributed by atoms with van der Waals surface area (Å²) in [5.41, 5.74) is 6.70. The first-order chi connectivity index (χ1) is 7.88. The summed E-state index contributed by atoms with van der Waals surface area (Å²) >= 11 is 0. The van der Waals surface area contributed by atoms with Gasteiger partial charge < -0.3 is 5.73 Å². The van der Waals surface area contributed by atoms with Crippen LogP contribution in [0.25, 0.3) is 5.69 Å². The van der Waals surface area contributed by atoms with Gasteiger partial charge in [-0.3, -0.25) is 0 Å². The highest BCUT2D eigenvalue weighted by atomic mass is 19.4. The topological polar surface area (TPSA) is 43.8 Å². The van der Waals surface area contributed by atoms with Crippen LogP contribution in [0.1, 0.15) is 11.1 Å². The van der Waals surface area contributed by atoms with E-state index < -0.39 is 11.7 Å². The largest absolute Gasteiger partial charge is 0.419 e. The van der Waals surface area contributed by atoms with Crippen molar-refractivity contribution in [3.05, 3.63) is 41.7 Å². The Morgan fingerprint density at radius 3 is 2.53 bits per heavy atom. The minimum atomic E-state index is -4.39. The average Bonchev–Trinajstić information content (AvgIpc) is 2.65. The number of anilines is 1. The number of hydrogen-bond donors (Lipinski definition) is 1. The first-order valence-electron chi connectivity index (χ1n) is 4.86. The van der Waals surface area contributed by atoms with Gasteiger partial charge in [0.25, 0.3) is 0 Å². The summed E-state index contributed by atoms with van der Waals surface area (Å²) in [6, 6.07) is 5.09. The summed E-state index contributed by atoms with van der Waals surface area (Å²) in [5, 5.41) is 3.66. The number of benzene rings is 1. The lowest BCUT2D eigenvalue weighted by molar-refractivity contribution is -0.137. The standard InChI is InChI=1S/C11H10F3N3/c1-7-2-3-10(9(15)4-7)17-6-8(5-16-17)11(12,13)14/h2-6H,15H2,1H3. The maximum atomic E-state index is 12.4. The van der Waals surface area contributed by atoms with Crippen molar-refractivity contribution >= 4 is 5.69 Å². The number of hydrogen-bond acceptors (Lipinski definition) is 2. The van der Waals surface area contributed by atoms with Crippen LogP contribution < -0.4 is 5.73 Å². The van der Waals surface area contributed by atoms with Gasteiger partial charge in [-0.15, -0.1) is 0 Å². The number of nitrogen functional groups attached to an aromatic ring is 1. The Balaban J connectivity index is 2.44. The molecule has 0 spiro atoms. The maximum absolute atomic E-state index is 12.4. The summed E-state index contributed by atoms with van der Waals surface area (Å²) in [7, 11) is 0. The van der Waals surface area contributed by atoms with E-state index >= 15 is 0 Å². The molecule has 2 N–H and O–H groups in total. The second-order valence-electron chi connectivity index (χ2n) is 3.73. The van der Waals surface area contributed by atoms with E-state index in [9.17, 15) is 13.2 Å². The number of halogens is 3. The monoisotopic (exact) mass is 241 g/mol. The van der Waals surface area contributed by atoms with Crippen molar-refractivity contribution in [2.45, 2.75) is 13.1 Å². The molecule has 0 atom stereocenters. The number of rotatable bonds is 1. The van der Waals surface area contributed by atoms with Gasteiger partial charge in [0.1, 0.15) is 0 Å². The highest BCUT2D eigenvalue weighted by Gasteiger charge is 2.32. The van der Waals surface area contributed by atoms with E-state index in [0.29, 0.717) is 11.4 Å². The van der Waals surface area contributed by atoms with Crippen molar-refractivity contribution in [1.29, 1.82) is 0 Å². The molecule has 3 nitrogen and oxygen atoms in total. The summed E-state index contributed by atoms with van der Waals surface area (Å²) in [5.74, 6) is 0. The van der Waals surface area contributed by atoms with Crippen molar-refractivity contribution < 1.29 is 13.2 Å². The molecule has 90 valence electrons. The fraction of sp³-hybridized carbons (Fsp3) is 0.182. The van der Waals surface area contributed by atoms with Crippen LogP contribution in [-0.2, 0) is 6.18 Å². The molecule has 0 aliphatic rings. The third-order valence-corrected chi connectivity index (χ3v) is 2.34. The molecule has 2 rings (SSSR count). The van der Waals surface area contributed by atoms with Crippen molar-refractivity contribution in [2.75, 3.05) is 5.73 Å². The van der Waals surface area contributed by atoms with Crippen molar-refractivity contribution in [1.82, 2.24) is 9.78 Å². The van der Waals surface area contributed by atoms with Gasteiger partial charge in [0.2, 0.25) is 0 Å². The average molecular weight is 241 g/mol. The van der Waals surface area contributed by atoms with Gasteiger partial charge in [-0.05, 0) is 24.6 Å². The minimum Gasteiger partial charge on any atom is -0.397 e. The molecular weight excluding hydrogens is 231 g/mol. The van der Waals surface area contributed by atoms with Gasteiger partial charge in [0.15, 0.2) is 0 Å². The Morgan fingerprint density at radius 1 is 1.29 bits per heavy atom. The summed E-state index contributed by atoms with van der Waals surface area (Å²) in [6.07, 6.45) is -2.70. The molecular formula is C11H10F3N3. The zero-order valence-corrected chi connectivity index (χ0v) is 8.99. The van der Waals surface area contributed by atoms with E-state index in [1.54, 1.807) is 18.2 Å². The molecule has 0 amide bonds. The summed E-state index contributed by atoms with van der Waals surface area (Å²) < 4.78 is 38.3. The van der Waals surface area contributed by atoms with E-state index in [1.807, 2.05) is 6.92 Å². The Labute approximate surface area is 95.7 Å². The molecule has 1 aromatic heterocycles. The van der Waals surface area contributed by atoms with Gasteiger partial charge in [-0.25, -0.2) is 4.68 Å². The molecule has 0 saturated heterocycles. The molecule has 0 bridgehead atoms. The highest BCUT2D eigenvalue weighted by molar-refractivity contribution is 5.58. The zero-order chi connectivity index (χ0) is 12.6. The van der Waals surface area contributed by atoms with E-state index in [2.05, 4.69) is 5.10 Å². The Hall–Kier alpha value is -1.98. The lowest BCUT2D eigenvalue weighted by Crippen LogP contribution is -2.03. The van der Waals surface area contributed by atoms with Gasteiger partial charge in [0.05, 0.1) is 23.1 Å². The Kier molecular flexibility index (Phi) is 2.57. The second-order valence-corrected chi connectivity index (χ2v) is 3.73. The molecule has 6 heteroatoms. The van der Waals surface area contributed by atoms with E-state index in [0.717, 1.165) is 22.6 Å². The van der Waals surface area contributed by atoms with Gasteiger partial charge in [-0.1, -0.05) is 6.07 Å². The normalized spacial score (nSPS) is 11.8. The molecule has 17 heavy (non-hydrogen) atoms. The molecule has 0 saturated carbocycles. The van der Waals surface area contributed by atoms with Crippen LogP contribution in [0, 0.1) is 6.92 Å². The van der Waals surface area contributed by atoms with E-state index in [4.69, 9.17) is 5.73 Å². The van der Waals surface area contributed by atoms with E-state index in [-0.39, 0.29) is 0 Å². The van der Waals surface area contributed by atoms with Crippen LogP contribution in [0.2, 0.25) is 0 Å². The van der Waals surface area contributed by atoms with Crippen LogP contribution in [0.15, 0.2) is 30.6 Å². The molecule has 0 fully saturated rings. The smallest absolute Gasteiger partial charge is 0.397 e.